The molecule has 7 nitrogen and oxygen atoms in total. The number of carbonyl (C=O) groups is 3. The molecule has 2 rings (SSSR count). The van der Waals surface area contributed by atoms with Crippen LogP contribution in [0.15, 0.2) is 42.5 Å². The molecule has 214 valence electrons. The van der Waals surface area contributed by atoms with Crippen LogP contribution in [0.3, 0.4) is 0 Å². The first-order chi connectivity index (χ1) is 18.4. The molecule has 2 aromatic rings. The Morgan fingerprint density at radius 2 is 1.62 bits per heavy atom. The van der Waals surface area contributed by atoms with Crippen LogP contribution < -0.4 is 10.6 Å². The molecule has 0 aromatic heterocycles. The molecule has 2 unspecified atom stereocenters. The molecule has 39 heavy (non-hydrogen) atoms. The predicted molar refractivity (Wildman–Crippen MR) is 161 cm³/mol. The van der Waals surface area contributed by atoms with E-state index in [1.165, 1.54) is 0 Å². The molecular weight excluding hydrogens is 510 g/mol. The second kappa shape index (κ2) is 15.0. The molecule has 3 amide bonds. The van der Waals surface area contributed by atoms with Crippen LogP contribution in [0, 0.1) is 13.8 Å². The number of hydrogen-bond acceptors (Lipinski definition) is 5. The van der Waals surface area contributed by atoms with Gasteiger partial charge in [0, 0.05) is 12.2 Å². The van der Waals surface area contributed by atoms with E-state index in [-0.39, 0.29) is 11.8 Å². The van der Waals surface area contributed by atoms with Crippen LogP contribution >= 0.6 is 11.8 Å². The van der Waals surface area contributed by atoms with E-state index in [1.54, 1.807) is 37.4 Å². The summed E-state index contributed by atoms with van der Waals surface area (Å²) >= 11 is 1.59. The standard InChI is InChI=1S/C31H45N3O4S/c1-9-19-34(29(36)25(18-20-39-8)32-30(37)38-31(5,6)7)27(24-16-14-23(10-2)15-17-24)28(35)33-26-21(3)12-11-13-22(26)4/h11-17,25,27H,9-10,18-20H2,1-8H3,(H,32,37)(H,33,35). The van der Waals surface area contributed by atoms with Gasteiger partial charge in [-0.2, -0.15) is 11.8 Å². The van der Waals surface area contributed by atoms with Gasteiger partial charge in [-0.1, -0.05) is 56.3 Å². The van der Waals surface area contributed by atoms with E-state index < -0.39 is 23.8 Å². The third-order valence-corrected chi connectivity index (χ3v) is 6.98. The maximum absolute atomic E-state index is 14.1. The molecule has 0 fully saturated rings. The van der Waals surface area contributed by atoms with Crippen LogP contribution in [0.2, 0.25) is 0 Å². The summed E-state index contributed by atoms with van der Waals surface area (Å²) < 4.78 is 5.45. The number of aryl methyl sites for hydroxylation is 3. The lowest BCUT2D eigenvalue weighted by Gasteiger charge is -2.34. The van der Waals surface area contributed by atoms with Crippen molar-refractivity contribution in [2.75, 3.05) is 23.9 Å². The van der Waals surface area contributed by atoms with Crippen molar-refractivity contribution in [2.24, 2.45) is 0 Å². The summed E-state index contributed by atoms with van der Waals surface area (Å²) in [6.07, 6.45) is 3.23. The van der Waals surface area contributed by atoms with Gasteiger partial charge < -0.3 is 20.3 Å². The molecule has 0 spiro atoms. The third kappa shape index (κ3) is 9.60. The molecule has 0 saturated heterocycles. The number of nitrogens with zero attached hydrogens (tertiary/aromatic N) is 1. The third-order valence-electron chi connectivity index (χ3n) is 6.34. The van der Waals surface area contributed by atoms with Gasteiger partial charge in [0.2, 0.25) is 5.91 Å². The van der Waals surface area contributed by atoms with Crippen molar-refractivity contribution in [1.82, 2.24) is 10.2 Å². The number of benzene rings is 2. The molecule has 0 aliphatic carbocycles. The van der Waals surface area contributed by atoms with Crippen LogP contribution in [-0.2, 0) is 20.7 Å². The first-order valence-electron chi connectivity index (χ1n) is 13.7. The van der Waals surface area contributed by atoms with Crippen molar-refractivity contribution < 1.29 is 19.1 Å². The maximum Gasteiger partial charge on any atom is 0.408 e. The zero-order chi connectivity index (χ0) is 29.2. The number of carbonyl (C=O) groups excluding carboxylic acids is 3. The fraction of sp³-hybridized carbons (Fsp3) is 0.516. The monoisotopic (exact) mass is 555 g/mol. The summed E-state index contributed by atoms with van der Waals surface area (Å²) in [4.78, 5) is 42.4. The zero-order valence-electron chi connectivity index (χ0n) is 24.7. The normalized spacial score (nSPS) is 12.8. The minimum Gasteiger partial charge on any atom is -0.444 e. The van der Waals surface area contributed by atoms with Crippen LogP contribution in [0.1, 0.15) is 75.8 Å². The molecule has 0 bridgehead atoms. The second-order valence-corrected chi connectivity index (χ2v) is 11.8. The van der Waals surface area contributed by atoms with E-state index in [9.17, 15) is 14.4 Å². The Hall–Kier alpha value is -3.00. The van der Waals surface area contributed by atoms with E-state index in [1.807, 2.05) is 69.5 Å². The quantitative estimate of drug-likeness (QED) is 0.315. The average molecular weight is 556 g/mol. The van der Waals surface area contributed by atoms with E-state index in [0.29, 0.717) is 25.1 Å². The molecule has 0 aliphatic rings. The SMILES string of the molecule is CCCN(C(=O)C(CCSC)NC(=O)OC(C)(C)C)C(C(=O)Nc1c(C)cccc1C)c1ccc(CC)cc1. The number of alkyl carbamates (subject to hydrolysis) is 1. The van der Waals surface area contributed by atoms with Crippen LogP contribution in [0.25, 0.3) is 0 Å². The highest BCUT2D eigenvalue weighted by Gasteiger charge is 2.36. The smallest absolute Gasteiger partial charge is 0.408 e. The molecule has 0 heterocycles. The van der Waals surface area contributed by atoms with Gasteiger partial charge in [-0.15, -0.1) is 0 Å². The van der Waals surface area contributed by atoms with Gasteiger partial charge in [0.05, 0.1) is 0 Å². The van der Waals surface area contributed by atoms with Gasteiger partial charge in [-0.25, -0.2) is 4.79 Å². The van der Waals surface area contributed by atoms with E-state index in [0.717, 1.165) is 34.4 Å². The summed E-state index contributed by atoms with van der Waals surface area (Å²) in [5, 5.41) is 5.89. The fourth-order valence-corrected chi connectivity index (χ4v) is 4.83. The van der Waals surface area contributed by atoms with Gasteiger partial charge in [0.25, 0.3) is 5.91 Å². The topological polar surface area (TPSA) is 87.7 Å². The Morgan fingerprint density at radius 3 is 2.13 bits per heavy atom. The minimum atomic E-state index is -0.875. The van der Waals surface area contributed by atoms with Crippen LogP contribution in [0.4, 0.5) is 10.5 Å². The lowest BCUT2D eigenvalue weighted by Crippen LogP contribution is -2.52. The Kier molecular flexibility index (Phi) is 12.4. The molecule has 0 saturated carbocycles. The van der Waals surface area contributed by atoms with Gasteiger partial charge in [0.1, 0.15) is 17.7 Å². The predicted octanol–water partition coefficient (Wildman–Crippen LogP) is 6.43. The highest BCUT2D eigenvalue weighted by molar-refractivity contribution is 7.98. The number of ether oxygens (including phenoxy) is 1. The molecule has 2 atom stereocenters. The Bertz CT molecular complexity index is 1090. The molecule has 0 radical (unpaired) electrons. The number of thioether (sulfide) groups is 1. The van der Waals surface area contributed by atoms with Crippen molar-refractivity contribution in [3.63, 3.8) is 0 Å². The Morgan fingerprint density at radius 1 is 1.00 bits per heavy atom. The number of amides is 3. The van der Waals surface area contributed by atoms with Gasteiger partial charge in [0.15, 0.2) is 0 Å². The van der Waals surface area contributed by atoms with Gasteiger partial charge in [-0.3, -0.25) is 9.59 Å². The summed E-state index contributed by atoms with van der Waals surface area (Å²) in [6, 6.07) is 12.0. The lowest BCUT2D eigenvalue weighted by molar-refractivity contribution is -0.140. The average Bonchev–Trinajstić information content (AvgIpc) is 2.87. The van der Waals surface area contributed by atoms with Crippen molar-refractivity contribution in [1.29, 1.82) is 0 Å². The Labute approximate surface area is 238 Å². The highest BCUT2D eigenvalue weighted by atomic mass is 32.2. The van der Waals surface area contributed by atoms with Crippen LogP contribution in [-0.4, -0.2) is 53.0 Å². The number of rotatable bonds is 12. The number of hydrogen-bond donors (Lipinski definition) is 2. The molecule has 2 N–H and O–H groups in total. The maximum atomic E-state index is 14.1. The highest BCUT2D eigenvalue weighted by Crippen LogP contribution is 2.28. The number of para-hydroxylation sites is 1. The lowest BCUT2D eigenvalue weighted by atomic mass is 9.99. The van der Waals surface area contributed by atoms with Gasteiger partial charge in [-0.05, 0) is 88.1 Å². The van der Waals surface area contributed by atoms with E-state index in [2.05, 4.69) is 17.6 Å². The number of anilines is 1. The summed E-state index contributed by atoms with van der Waals surface area (Å²) in [5.74, 6) is 0.0636. The summed E-state index contributed by atoms with van der Waals surface area (Å²) in [7, 11) is 0. The van der Waals surface area contributed by atoms with E-state index in [4.69, 9.17) is 4.74 Å². The minimum absolute atomic E-state index is 0.292. The van der Waals surface area contributed by atoms with Crippen molar-refractivity contribution in [2.45, 2.75) is 85.4 Å². The van der Waals surface area contributed by atoms with Crippen molar-refractivity contribution in [3.05, 3.63) is 64.7 Å². The molecule has 8 heteroatoms. The van der Waals surface area contributed by atoms with E-state index >= 15 is 0 Å². The first-order valence-corrected chi connectivity index (χ1v) is 15.1. The second-order valence-electron chi connectivity index (χ2n) is 10.8. The molecule has 2 aromatic carbocycles. The largest absolute Gasteiger partial charge is 0.444 e. The van der Waals surface area contributed by atoms with Gasteiger partial charge >= 0.3 is 6.09 Å². The van der Waals surface area contributed by atoms with Crippen molar-refractivity contribution in [3.8, 4) is 0 Å². The van der Waals surface area contributed by atoms with Crippen LogP contribution in [0.5, 0.6) is 0 Å². The van der Waals surface area contributed by atoms with Crippen molar-refractivity contribution >= 4 is 35.4 Å². The summed E-state index contributed by atoms with van der Waals surface area (Å²) in [6.45, 7) is 13.6. The molecular formula is C31H45N3O4S. The Balaban J connectivity index is 2.53. The zero-order valence-corrected chi connectivity index (χ0v) is 25.5. The fourth-order valence-electron chi connectivity index (χ4n) is 4.36. The molecule has 0 aliphatic heterocycles. The first kappa shape index (κ1) is 32.2. The summed E-state index contributed by atoms with van der Waals surface area (Å²) in [5.41, 5.74) is 3.80. The number of nitrogens with one attached hydrogen (secondary N) is 2.